The topological polar surface area (TPSA) is 49.0 Å². The summed E-state index contributed by atoms with van der Waals surface area (Å²) in [5, 5.41) is 4.03. The molecule has 21 heavy (non-hydrogen) atoms. The summed E-state index contributed by atoms with van der Waals surface area (Å²) in [4.78, 5) is 0. The number of nitrogens with one attached hydrogen (secondary N) is 1. The maximum atomic E-state index is 6.41. The molecule has 0 spiro atoms. The lowest BCUT2D eigenvalue weighted by Gasteiger charge is -2.32. The Hall–Kier alpha value is -1.01. The Labute approximate surface area is 130 Å². The second kappa shape index (κ2) is 7.84. The van der Waals surface area contributed by atoms with Crippen LogP contribution in [0.2, 0.25) is 5.02 Å². The first-order valence-corrected chi connectivity index (χ1v) is 7.43. The lowest BCUT2D eigenvalue weighted by Crippen LogP contribution is -2.40. The molecule has 1 aromatic carbocycles. The van der Waals surface area contributed by atoms with Gasteiger partial charge in [-0.25, -0.2) is 0 Å². The molecule has 2 rings (SSSR count). The van der Waals surface area contributed by atoms with E-state index in [1.165, 1.54) is 0 Å². The minimum absolute atomic E-state index is 0.0531. The monoisotopic (exact) mass is 315 g/mol. The van der Waals surface area contributed by atoms with Crippen molar-refractivity contribution in [1.29, 1.82) is 0 Å². The van der Waals surface area contributed by atoms with Gasteiger partial charge in [0.05, 0.1) is 40.1 Å². The van der Waals surface area contributed by atoms with Crippen LogP contribution in [0.4, 0.5) is 0 Å². The molecule has 1 heterocycles. The van der Waals surface area contributed by atoms with Crippen molar-refractivity contribution in [2.75, 3.05) is 40.6 Å². The molecule has 1 fully saturated rings. The van der Waals surface area contributed by atoms with Crippen LogP contribution in [0.5, 0.6) is 11.5 Å². The molecule has 1 aliphatic heterocycles. The summed E-state index contributed by atoms with van der Waals surface area (Å²) in [6.45, 7) is 4.62. The van der Waals surface area contributed by atoms with E-state index in [1.54, 1.807) is 20.3 Å². The van der Waals surface area contributed by atoms with Gasteiger partial charge in [-0.05, 0) is 18.2 Å². The Morgan fingerprint density at radius 2 is 2.00 bits per heavy atom. The lowest BCUT2D eigenvalue weighted by molar-refractivity contribution is -0.102. The summed E-state index contributed by atoms with van der Waals surface area (Å²) >= 11 is 6.41. The van der Waals surface area contributed by atoms with Gasteiger partial charge < -0.3 is 24.3 Å². The fraction of sp³-hybridized carbons (Fsp3) is 0.600. The van der Waals surface area contributed by atoms with E-state index in [-0.39, 0.29) is 12.1 Å². The van der Waals surface area contributed by atoms with Crippen molar-refractivity contribution in [1.82, 2.24) is 5.32 Å². The van der Waals surface area contributed by atoms with E-state index in [9.17, 15) is 0 Å². The van der Waals surface area contributed by atoms with Crippen LogP contribution in [0.25, 0.3) is 0 Å². The summed E-state index contributed by atoms with van der Waals surface area (Å²) in [6.07, 6.45) is -0.0747. The molecular formula is C15H22ClNO4. The minimum atomic E-state index is -0.0747. The van der Waals surface area contributed by atoms with Gasteiger partial charge in [0.15, 0.2) is 11.5 Å². The summed E-state index contributed by atoms with van der Waals surface area (Å²) in [5.74, 6) is 1.26. The van der Waals surface area contributed by atoms with E-state index in [4.69, 9.17) is 30.5 Å². The van der Waals surface area contributed by atoms with Gasteiger partial charge in [-0.1, -0.05) is 18.5 Å². The Balaban J connectivity index is 2.34. The van der Waals surface area contributed by atoms with Gasteiger partial charge >= 0.3 is 0 Å². The van der Waals surface area contributed by atoms with Crippen molar-refractivity contribution in [3.8, 4) is 11.5 Å². The number of benzene rings is 1. The van der Waals surface area contributed by atoms with E-state index in [2.05, 4.69) is 5.32 Å². The fourth-order valence-corrected chi connectivity index (χ4v) is 2.74. The molecular weight excluding hydrogens is 294 g/mol. The minimum Gasteiger partial charge on any atom is -0.493 e. The second-order valence-electron chi connectivity index (χ2n) is 4.75. The lowest BCUT2D eigenvalue weighted by atomic mass is 10.00. The molecule has 1 aliphatic rings. The van der Waals surface area contributed by atoms with Gasteiger partial charge in [0.2, 0.25) is 0 Å². The third-order valence-corrected chi connectivity index (χ3v) is 3.80. The van der Waals surface area contributed by atoms with E-state index in [0.29, 0.717) is 36.3 Å². The molecule has 0 amide bonds. The van der Waals surface area contributed by atoms with Gasteiger partial charge in [0.25, 0.3) is 0 Å². The van der Waals surface area contributed by atoms with E-state index >= 15 is 0 Å². The van der Waals surface area contributed by atoms with Crippen molar-refractivity contribution in [2.24, 2.45) is 0 Å². The zero-order valence-electron chi connectivity index (χ0n) is 12.6. The molecule has 0 aliphatic carbocycles. The highest BCUT2D eigenvalue weighted by Crippen LogP contribution is 2.37. The first-order chi connectivity index (χ1) is 10.2. The Kier molecular flexibility index (Phi) is 6.11. The largest absolute Gasteiger partial charge is 0.493 e. The van der Waals surface area contributed by atoms with Crippen LogP contribution in [0, 0.1) is 0 Å². The van der Waals surface area contributed by atoms with Crippen LogP contribution in [-0.4, -0.2) is 46.7 Å². The SMILES string of the molecule is CCNC(c1cc(OC)c(OC)cc1Cl)C1COCCO1. The number of likely N-dealkylation sites (N-methyl/N-ethyl adjacent to an activating group) is 1. The van der Waals surface area contributed by atoms with Crippen molar-refractivity contribution in [2.45, 2.75) is 19.1 Å². The molecule has 5 nitrogen and oxygen atoms in total. The van der Waals surface area contributed by atoms with Crippen LogP contribution < -0.4 is 14.8 Å². The number of rotatable bonds is 6. The molecule has 0 bridgehead atoms. The average molecular weight is 316 g/mol. The van der Waals surface area contributed by atoms with Crippen molar-refractivity contribution in [3.63, 3.8) is 0 Å². The van der Waals surface area contributed by atoms with Gasteiger partial charge in [-0.15, -0.1) is 0 Å². The standard InChI is InChI=1S/C15H22ClNO4/c1-4-17-15(14-9-20-5-6-21-14)10-7-12(18-2)13(19-3)8-11(10)16/h7-8,14-15,17H,4-6,9H2,1-3H3. The third kappa shape index (κ3) is 3.80. The maximum absolute atomic E-state index is 6.41. The molecule has 2 unspecified atom stereocenters. The maximum Gasteiger partial charge on any atom is 0.162 e. The van der Waals surface area contributed by atoms with Gasteiger partial charge in [-0.3, -0.25) is 0 Å². The van der Waals surface area contributed by atoms with Crippen molar-refractivity contribution in [3.05, 3.63) is 22.7 Å². The number of ether oxygens (including phenoxy) is 4. The van der Waals surface area contributed by atoms with Gasteiger partial charge in [0.1, 0.15) is 6.10 Å². The highest BCUT2D eigenvalue weighted by Gasteiger charge is 2.28. The average Bonchev–Trinajstić information content (AvgIpc) is 2.53. The summed E-state index contributed by atoms with van der Waals surface area (Å²) in [6, 6.07) is 3.61. The first-order valence-electron chi connectivity index (χ1n) is 7.05. The van der Waals surface area contributed by atoms with Crippen LogP contribution in [0.3, 0.4) is 0 Å². The van der Waals surface area contributed by atoms with Crippen LogP contribution >= 0.6 is 11.6 Å². The molecule has 118 valence electrons. The second-order valence-corrected chi connectivity index (χ2v) is 5.16. The number of methoxy groups -OCH3 is 2. The number of hydrogen-bond acceptors (Lipinski definition) is 5. The third-order valence-electron chi connectivity index (χ3n) is 3.48. The van der Waals surface area contributed by atoms with Gasteiger partial charge in [-0.2, -0.15) is 0 Å². The predicted octanol–water partition coefficient (Wildman–Crippen LogP) is 2.42. The zero-order valence-corrected chi connectivity index (χ0v) is 13.4. The fourth-order valence-electron chi connectivity index (χ4n) is 2.47. The highest BCUT2D eigenvalue weighted by molar-refractivity contribution is 6.31. The molecule has 1 saturated heterocycles. The first kappa shape index (κ1) is 16.4. The molecule has 0 radical (unpaired) electrons. The van der Waals surface area contributed by atoms with E-state index in [0.717, 1.165) is 12.1 Å². The summed E-state index contributed by atoms with van der Waals surface area (Å²) in [7, 11) is 3.20. The number of hydrogen-bond donors (Lipinski definition) is 1. The molecule has 0 saturated carbocycles. The highest BCUT2D eigenvalue weighted by atomic mass is 35.5. The summed E-state index contributed by atoms with van der Waals surface area (Å²) in [5.41, 5.74) is 0.923. The Morgan fingerprint density at radius 1 is 1.29 bits per heavy atom. The summed E-state index contributed by atoms with van der Waals surface area (Å²) < 4.78 is 22.0. The molecule has 1 aromatic rings. The van der Waals surface area contributed by atoms with Crippen LogP contribution in [0.15, 0.2) is 12.1 Å². The Morgan fingerprint density at radius 3 is 2.57 bits per heavy atom. The van der Waals surface area contributed by atoms with Gasteiger partial charge in [0, 0.05) is 11.1 Å². The van der Waals surface area contributed by atoms with Crippen molar-refractivity contribution >= 4 is 11.6 Å². The van der Waals surface area contributed by atoms with E-state index in [1.807, 2.05) is 13.0 Å². The normalized spacial score (nSPS) is 20.1. The number of halogens is 1. The Bertz CT molecular complexity index is 463. The van der Waals surface area contributed by atoms with Crippen molar-refractivity contribution < 1.29 is 18.9 Å². The predicted molar refractivity (Wildman–Crippen MR) is 81.5 cm³/mol. The molecule has 1 N–H and O–H groups in total. The van der Waals surface area contributed by atoms with Crippen LogP contribution in [0.1, 0.15) is 18.5 Å². The molecule has 0 aromatic heterocycles. The van der Waals surface area contributed by atoms with E-state index < -0.39 is 0 Å². The van der Waals surface area contributed by atoms with Crippen LogP contribution in [-0.2, 0) is 9.47 Å². The molecule has 6 heteroatoms. The zero-order chi connectivity index (χ0) is 15.2. The quantitative estimate of drug-likeness (QED) is 0.873. The molecule has 2 atom stereocenters. The smallest absolute Gasteiger partial charge is 0.162 e.